The Kier molecular flexibility index (Phi) is 9.44. The molecule has 2 aromatic rings. The summed E-state index contributed by atoms with van der Waals surface area (Å²) in [4.78, 5) is 4.62. The fraction of sp³-hybridized carbons (Fsp3) is 0.444. The minimum absolute atomic E-state index is 0. The monoisotopic (exact) mass is 441 g/mol. The quantitative estimate of drug-likeness (QED) is 0.394. The molecule has 0 spiro atoms. The molecular weight excluding hydrogens is 413 g/mol. The highest BCUT2D eigenvalue weighted by Crippen LogP contribution is 2.17. The lowest BCUT2D eigenvalue weighted by Gasteiger charge is -2.15. The second kappa shape index (κ2) is 11.1. The highest BCUT2D eigenvalue weighted by atomic mass is 127. The number of halogens is 1. The van der Waals surface area contributed by atoms with E-state index in [0.717, 1.165) is 31.2 Å². The molecular formula is C18H28IN5. The summed E-state index contributed by atoms with van der Waals surface area (Å²) < 4.78 is 1.85. The molecule has 0 aliphatic heterocycles. The van der Waals surface area contributed by atoms with Crippen LogP contribution in [0.4, 0.5) is 0 Å². The summed E-state index contributed by atoms with van der Waals surface area (Å²) in [5.41, 5.74) is 2.48. The van der Waals surface area contributed by atoms with Crippen LogP contribution in [0.2, 0.25) is 0 Å². The molecule has 0 bridgehead atoms. The summed E-state index contributed by atoms with van der Waals surface area (Å²) in [6, 6.07) is 12.6. The molecule has 24 heavy (non-hydrogen) atoms. The van der Waals surface area contributed by atoms with Crippen molar-refractivity contribution in [1.82, 2.24) is 20.4 Å². The maximum absolute atomic E-state index is 4.62. The number of aromatic nitrogens is 2. The van der Waals surface area contributed by atoms with Crippen LogP contribution in [-0.2, 0) is 13.6 Å². The van der Waals surface area contributed by atoms with E-state index in [4.69, 9.17) is 0 Å². The standard InChI is InChI=1S/C18H27N5.HI/c1-4-19-18(21-14-17-11-13-22-23(17)3)20-12-10-15(2)16-8-6-5-7-9-16;/h5-9,11,13,15H,4,10,12,14H2,1-3H3,(H2,19,20,21);1H. The Morgan fingerprint density at radius 1 is 1.21 bits per heavy atom. The molecule has 0 saturated carbocycles. The van der Waals surface area contributed by atoms with Gasteiger partial charge in [0, 0.05) is 26.3 Å². The van der Waals surface area contributed by atoms with Crippen LogP contribution in [0.15, 0.2) is 47.6 Å². The number of rotatable bonds is 7. The van der Waals surface area contributed by atoms with Gasteiger partial charge in [-0.3, -0.25) is 4.68 Å². The summed E-state index contributed by atoms with van der Waals surface area (Å²) in [6.45, 7) is 6.71. The fourth-order valence-electron chi connectivity index (χ4n) is 2.41. The predicted molar refractivity (Wildman–Crippen MR) is 111 cm³/mol. The number of hydrogen-bond acceptors (Lipinski definition) is 2. The van der Waals surface area contributed by atoms with Crippen molar-refractivity contribution in [1.29, 1.82) is 0 Å². The van der Waals surface area contributed by atoms with Gasteiger partial charge in [0.15, 0.2) is 5.96 Å². The zero-order chi connectivity index (χ0) is 16.5. The lowest BCUT2D eigenvalue weighted by atomic mass is 9.98. The molecule has 1 aromatic carbocycles. The van der Waals surface area contributed by atoms with Crippen molar-refractivity contribution >= 4 is 29.9 Å². The van der Waals surface area contributed by atoms with E-state index < -0.39 is 0 Å². The maximum atomic E-state index is 4.62. The zero-order valence-electron chi connectivity index (χ0n) is 14.7. The van der Waals surface area contributed by atoms with Crippen molar-refractivity contribution in [3.05, 3.63) is 53.9 Å². The van der Waals surface area contributed by atoms with Gasteiger partial charge in [-0.15, -0.1) is 24.0 Å². The molecule has 0 aliphatic rings. The number of aryl methyl sites for hydroxylation is 1. The Hall–Kier alpha value is -1.57. The molecule has 0 aliphatic carbocycles. The summed E-state index contributed by atoms with van der Waals surface area (Å²) in [7, 11) is 1.94. The Morgan fingerprint density at radius 3 is 2.58 bits per heavy atom. The van der Waals surface area contributed by atoms with E-state index in [2.05, 4.69) is 64.9 Å². The van der Waals surface area contributed by atoms with Gasteiger partial charge >= 0.3 is 0 Å². The van der Waals surface area contributed by atoms with Crippen LogP contribution in [0.3, 0.4) is 0 Å². The van der Waals surface area contributed by atoms with Gasteiger partial charge < -0.3 is 10.6 Å². The smallest absolute Gasteiger partial charge is 0.191 e. The Bertz CT molecular complexity index is 609. The average molecular weight is 441 g/mol. The Balaban J connectivity index is 0.00000288. The minimum atomic E-state index is 0. The molecule has 1 heterocycles. The molecule has 132 valence electrons. The molecule has 1 aromatic heterocycles. The molecule has 6 heteroatoms. The van der Waals surface area contributed by atoms with Gasteiger partial charge in [-0.1, -0.05) is 37.3 Å². The number of benzene rings is 1. The SMILES string of the molecule is CCNC(=NCc1ccnn1C)NCCC(C)c1ccccc1.I. The van der Waals surface area contributed by atoms with Gasteiger partial charge in [0.1, 0.15) is 0 Å². The van der Waals surface area contributed by atoms with Gasteiger partial charge in [-0.05, 0) is 30.9 Å². The topological polar surface area (TPSA) is 54.2 Å². The molecule has 5 nitrogen and oxygen atoms in total. The lowest BCUT2D eigenvalue weighted by molar-refractivity contribution is 0.650. The number of nitrogens with zero attached hydrogens (tertiary/aromatic N) is 3. The molecule has 0 amide bonds. The van der Waals surface area contributed by atoms with E-state index in [1.165, 1.54) is 5.56 Å². The second-order valence-corrected chi connectivity index (χ2v) is 5.67. The van der Waals surface area contributed by atoms with Gasteiger partial charge in [0.2, 0.25) is 0 Å². The molecule has 2 rings (SSSR count). The number of hydrogen-bond donors (Lipinski definition) is 2. The van der Waals surface area contributed by atoms with Gasteiger partial charge in [-0.2, -0.15) is 5.10 Å². The highest BCUT2D eigenvalue weighted by Gasteiger charge is 2.05. The lowest BCUT2D eigenvalue weighted by Crippen LogP contribution is -2.38. The van der Waals surface area contributed by atoms with Crippen LogP contribution >= 0.6 is 24.0 Å². The largest absolute Gasteiger partial charge is 0.357 e. The van der Waals surface area contributed by atoms with Crippen molar-refractivity contribution in [2.24, 2.45) is 12.0 Å². The van der Waals surface area contributed by atoms with Crippen molar-refractivity contribution < 1.29 is 0 Å². The molecule has 2 N–H and O–H groups in total. The summed E-state index contributed by atoms with van der Waals surface area (Å²) in [5, 5.41) is 10.9. The molecule has 0 radical (unpaired) electrons. The van der Waals surface area contributed by atoms with Crippen LogP contribution in [0, 0.1) is 0 Å². The van der Waals surface area contributed by atoms with E-state index in [9.17, 15) is 0 Å². The Labute approximate surface area is 162 Å². The first-order valence-corrected chi connectivity index (χ1v) is 8.24. The van der Waals surface area contributed by atoms with Crippen LogP contribution < -0.4 is 10.6 Å². The van der Waals surface area contributed by atoms with Crippen molar-refractivity contribution in [3.63, 3.8) is 0 Å². The first-order chi connectivity index (χ1) is 11.2. The van der Waals surface area contributed by atoms with Gasteiger partial charge in [-0.25, -0.2) is 4.99 Å². The van der Waals surface area contributed by atoms with Crippen molar-refractivity contribution in [2.75, 3.05) is 13.1 Å². The molecule has 0 saturated heterocycles. The van der Waals surface area contributed by atoms with Crippen LogP contribution in [0.5, 0.6) is 0 Å². The fourth-order valence-corrected chi connectivity index (χ4v) is 2.41. The number of guanidine groups is 1. The predicted octanol–water partition coefficient (Wildman–Crippen LogP) is 3.29. The van der Waals surface area contributed by atoms with E-state index in [1.807, 2.05) is 17.8 Å². The first-order valence-electron chi connectivity index (χ1n) is 8.24. The molecule has 1 unspecified atom stereocenters. The minimum Gasteiger partial charge on any atom is -0.357 e. The van der Waals surface area contributed by atoms with Crippen LogP contribution in [0.1, 0.15) is 37.4 Å². The van der Waals surface area contributed by atoms with Crippen molar-refractivity contribution in [3.8, 4) is 0 Å². The summed E-state index contributed by atoms with van der Waals surface area (Å²) in [5.74, 6) is 1.39. The van der Waals surface area contributed by atoms with E-state index in [0.29, 0.717) is 12.5 Å². The molecule has 0 fully saturated rings. The average Bonchev–Trinajstić information content (AvgIpc) is 2.98. The third-order valence-electron chi connectivity index (χ3n) is 3.90. The van der Waals surface area contributed by atoms with E-state index >= 15 is 0 Å². The van der Waals surface area contributed by atoms with E-state index in [1.54, 1.807) is 6.20 Å². The number of aliphatic imine (C=N–C) groups is 1. The maximum Gasteiger partial charge on any atom is 0.191 e. The third kappa shape index (κ3) is 6.51. The van der Waals surface area contributed by atoms with Gasteiger partial charge in [0.05, 0.1) is 12.2 Å². The van der Waals surface area contributed by atoms with E-state index in [-0.39, 0.29) is 24.0 Å². The summed E-state index contributed by atoms with van der Waals surface area (Å²) in [6.07, 6.45) is 2.87. The summed E-state index contributed by atoms with van der Waals surface area (Å²) >= 11 is 0. The highest BCUT2D eigenvalue weighted by molar-refractivity contribution is 14.0. The third-order valence-corrected chi connectivity index (χ3v) is 3.90. The van der Waals surface area contributed by atoms with Crippen LogP contribution in [-0.4, -0.2) is 28.8 Å². The zero-order valence-corrected chi connectivity index (χ0v) is 17.0. The van der Waals surface area contributed by atoms with Crippen molar-refractivity contribution in [2.45, 2.75) is 32.7 Å². The van der Waals surface area contributed by atoms with Gasteiger partial charge in [0.25, 0.3) is 0 Å². The first kappa shape index (κ1) is 20.5. The Morgan fingerprint density at radius 2 is 1.96 bits per heavy atom. The second-order valence-electron chi connectivity index (χ2n) is 5.67. The van der Waals surface area contributed by atoms with Crippen LogP contribution in [0.25, 0.3) is 0 Å². The normalized spacial score (nSPS) is 12.4. The molecule has 1 atom stereocenters. The number of nitrogens with one attached hydrogen (secondary N) is 2.